The van der Waals surface area contributed by atoms with E-state index in [4.69, 9.17) is 11.6 Å². The van der Waals surface area contributed by atoms with Gasteiger partial charge in [-0.25, -0.2) is 20.3 Å². The molecule has 0 spiro atoms. The van der Waals surface area contributed by atoms with Crippen molar-refractivity contribution in [3.05, 3.63) is 64.6 Å². The molecule has 2 aromatic rings. The number of hydrogen-bond donors (Lipinski definition) is 3. The first-order valence-corrected chi connectivity index (χ1v) is 9.55. The number of pyridine rings is 1. The SMILES string of the molecule is CC1=C(c2ccc(NC(=O)c3cccc(F)c3C)nc2)CN(/C(N)=N/N(C)N)CC1. The van der Waals surface area contributed by atoms with Gasteiger partial charge in [0.25, 0.3) is 5.91 Å². The van der Waals surface area contributed by atoms with Crippen molar-refractivity contribution in [3.8, 4) is 0 Å². The molecule has 158 valence electrons. The van der Waals surface area contributed by atoms with Crippen LogP contribution in [0.25, 0.3) is 5.57 Å². The third-order valence-electron chi connectivity index (χ3n) is 5.07. The fourth-order valence-corrected chi connectivity index (χ4v) is 3.30. The van der Waals surface area contributed by atoms with Crippen molar-refractivity contribution in [2.75, 3.05) is 25.5 Å². The molecule has 0 saturated heterocycles. The summed E-state index contributed by atoms with van der Waals surface area (Å²) in [4.78, 5) is 18.8. The van der Waals surface area contributed by atoms with Crippen LogP contribution in [0.3, 0.4) is 0 Å². The molecular weight excluding hydrogens is 385 g/mol. The Labute approximate surface area is 175 Å². The van der Waals surface area contributed by atoms with Gasteiger partial charge in [0.05, 0.1) is 0 Å². The van der Waals surface area contributed by atoms with Gasteiger partial charge in [0.15, 0.2) is 0 Å². The smallest absolute Gasteiger partial charge is 0.257 e. The number of hydrazone groups is 1. The summed E-state index contributed by atoms with van der Waals surface area (Å²) < 4.78 is 13.7. The van der Waals surface area contributed by atoms with E-state index in [0.717, 1.165) is 24.1 Å². The van der Waals surface area contributed by atoms with Crippen LogP contribution in [-0.2, 0) is 0 Å². The standard InChI is InChI=1S/C21H26FN7O/c1-13-9-10-29(21(23)27-28(3)24)12-17(13)15-7-8-19(25-11-15)26-20(30)16-5-4-6-18(22)14(16)2/h4-8,11H,9-10,12,24H2,1-3H3,(H2,23,27)(H,25,26,30). The van der Waals surface area contributed by atoms with E-state index in [9.17, 15) is 9.18 Å². The van der Waals surface area contributed by atoms with E-state index in [1.165, 1.54) is 22.8 Å². The highest BCUT2D eigenvalue weighted by Crippen LogP contribution is 2.26. The van der Waals surface area contributed by atoms with Crippen molar-refractivity contribution in [2.45, 2.75) is 20.3 Å². The monoisotopic (exact) mass is 411 g/mol. The van der Waals surface area contributed by atoms with Crippen molar-refractivity contribution >= 4 is 23.3 Å². The quantitative estimate of drug-likeness (QED) is 0.308. The number of hydrazine groups is 1. The number of anilines is 1. The van der Waals surface area contributed by atoms with Crippen LogP contribution < -0.4 is 16.9 Å². The lowest BCUT2D eigenvalue weighted by Crippen LogP contribution is -2.43. The number of nitrogens with two attached hydrogens (primary N) is 2. The zero-order valence-corrected chi connectivity index (χ0v) is 17.3. The minimum absolute atomic E-state index is 0.280. The first-order valence-electron chi connectivity index (χ1n) is 9.55. The highest BCUT2D eigenvalue weighted by atomic mass is 19.1. The molecule has 0 aliphatic carbocycles. The van der Waals surface area contributed by atoms with E-state index in [1.54, 1.807) is 32.3 Å². The molecule has 1 amide bonds. The third-order valence-corrected chi connectivity index (χ3v) is 5.07. The highest BCUT2D eigenvalue weighted by molar-refractivity contribution is 6.04. The number of carbonyl (C=O) groups is 1. The molecule has 3 rings (SSSR count). The van der Waals surface area contributed by atoms with Crippen LogP contribution in [0.2, 0.25) is 0 Å². The van der Waals surface area contributed by atoms with Gasteiger partial charge in [0.1, 0.15) is 11.6 Å². The zero-order valence-electron chi connectivity index (χ0n) is 17.3. The maximum absolute atomic E-state index is 13.7. The number of aromatic nitrogens is 1. The van der Waals surface area contributed by atoms with E-state index in [0.29, 0.717) is 23.9 Å². The fraction of sp³-hybridized carbons (Fsp3) is 0.286. The average Bonchev–Trinajstić information content (AvgIpc) is 2.70. The minimum Gasteiger partial charge on any atom is -0.368 e. The molecule has 5 N–H and O–H groups in total. The highest BCUT2D eigenvalue weighted by Gasteiger charge is 2.20. The molecule has 30 heavy (non-hydrogen) atoms. The van der Waals surface area contributed by atoms with Crippen LogP contribution in [0.15, 0.2) is 47.2 Å². The van der Waals surface area contributed by atoms with Gasteiger partial charge in [0, 0.05) is 31.9 Å². The molecule has 0 radical (unpaired) electrons. The Kier molecular flexibility index (Phi) is 6.31. The number of hydrogen-bond acceptors (Lipinski definition) is 5. The Hall–Kier alpha value is -3.46. The number of nitrogens with one attached hydrogen (secondary N) is 1. The fourth-order valence-electron chi connectivity index (χ4n) is 3.30. The van der Waals surface area contributed by atoms with E-state index in [1.807, 2.05) is 11.0 Å². The van der Waals surface area contributed by atoms with Crippen LogP contribution in [0, 0.1) is 12.7 Å². The van der Waals surface area contributed by atoms with Gasteiger partial charge in [-0.3, -0.25) is 4.79 Å². The van der Waals surface area contributed by atoms with Gasteiger partial charge in [0.2, 0.25) is 5.96 Å². The van der Waals surface area contributed by atoms with Crippen LogP contribution in [-0.4, -0.2) is 47.0 Å². The largest absolute Gasteiger partial charge is 0.368 e. The van der Waals surface area contributed by atoms with Gasteiger partial charge < -0.3 is 16.0 Å². The Morgan fingerprint density at radius 1 is 1.30 bits per heavy atom. The Morgan fingerprint density at radius 2 is 2.07 bits per heavy atom. The molecule has 0 saturated carbocycles. The number of benzene rings is 1. The predicted molar refractivity (Wildman–Crippen MR) is 116 cm³/mol. The van der Waals surface area contributed by atoms with Crippen LogP contribution in [0.1, 0.15) is 34.8 Å². The summed E-state index contributed by atoms with van der Waals surface area (Å²) in [6.07, 6.45) is 2.55. The number of rotatable bonds is 4. The van der Waals surface area contributed by atoms with E-state index in [-0.39, 0.29) is 5.56 Å². The minimum atomic E-state index is -0.418. The van der Waals surface area contributed by atoms with Crippen molar-refractivity contribution in [2.24, 2.45) is 16.7 Å². The number of guanidine groups is 1. The van der Waals surface area contributed by atoms with E-state index >= 15 is 0 Å². The topological polar surface area (TPSA) is 113 Å². The molecule has 0 fully saturated rings. The molecule has 0 unspecified atom stereocenters. The lowest BCUT2D eigenvalue weighted by molar-refractivity contribution is 0.102. The van der Waals surface area contributed by atoms with Gasteiger partial charge in [-0.2, -0.15) is 0 Å². The summed E-state index contributed by atoms with van der Waals surface area (Å²) in [6, 6.07) is 8.04. The summed E-state index contributed by atoms with van der Waals surface area (Å²) in [6.45, 7) is 5.00. The summed E-state index contributed by atoms with van der Waals surface area (Å²) in [7, 11) is 1.61. The van der Waals surface area contributed by atoms with Gasteiger partial charge >= 0.3 is 0 Å². The Balaban J connectivity index is 1.75. The second kappa shape index (κ2) is 8.91. The number of carbonyl (C=O) groups excluding carboxylic acids is 1. The lowest BCUT2D eigenvalue weighted by Gasteiger charge is -2.31. The Morgan fingerprint density at radius 3 is 2.73 bits per heavy atom. The van der Waals surface area contributed by atoms with Crippen molar-refractivity contribution in [3.63, 3.8) is 0 Å². The van der Waals surface area contributed by atoms with E-state index in [2.05, 4.69) is 22.3 Å². The first kappa shape index (κ1) is 21.3. The molecule has 1 aliphatic rings. The molecule has 2 heterocycles. The second-order valence-electron chi connectivity index (χ2n) is 7.26. The zero-order chi connectivity index (χ0) is 21.8. The van der Waals surface area contributed by atoms with E-state index < -0.39 is 11.7 Å². The van der Waals surface area contributed by atoms with Crippen molar-refractivity contribution < 1.29 is 9.18 Å². The summed E-state index contributed by atoms with van der Waals surface area (Å²) in [5.74, 6) is 5.48. The molecule has 0 bridgehead atoms. The molecule has 1 aromatic carbocycles. The van der Waals surface area contributed by atoms with Gasteiger partial charge in [-0.05, 0) is 61.2 Å². The van der Waals surface area contributed by atoms with Crippen molar-refractivity contribution in [1.82, 2.24) is 15.0 Å². The maximum atomic E-state index is 13.7. The molecule has 9 heteroatoms. The lowest BCUT2D eigenvalue weighted by atomic mass is 9.96. The number of nitrogens with zero attached hydrogens (tertiary/aromatic N) is 4. The van der Waals surface area contributed by atoms with Gasteiger partial charge in [-0.15, -0.1) is 5.10 Å². The normalized spacial score (nSPS) is 14.7. The predicted octanol–water partition coefficient (Wildman–Crippen LogP) is 2.30. The Bertz CT molecular complexity index is 999. The van der Waals surface area contributed by atoms with Crippen molar-refractivity contribution in [1.29, 1.82) is 0 Å². The second-order valence-corrected chi connectivity index (χ2v) is 7.26. The molecule has 1 aliphatic heterocycles. The van der Waals surface area contributed by atoms with Crippen LogP contribution in [0.5, 0.6) is 0 Å². The summed E-state index contributed by atoms with van der Waals surface area (Å²) in [5.41, 5.74) is 9.90. The first-order chi connectivity index (χ1) is 14.3. The third kappa shape index (κ3) is 4.74. The molecule has 0 atom stereocenters. The average molecular weight is 411 g/mol. The number of amides is 1. The van der Waals surface area contributed by atoms with Crippen LogP contribution in [0.4, 0.5) is 10.2 Å². The molecule has 8 nitrogen and oxygen atoms in total. The van der Waals surface area contributed by atoms with Crippen LogP contribution >= 0.6 is 0 Å². The molecule has 1 aromatic heterocycles. The molecular formula is C21H26FN7O. The summed E-state index contributed by atoms with van der Waals surface area (Å²) >= 11 is 0. The number of halogens is 1. The maximum Gasteiger partial charge on any atom is 0.257 e. The van der Waals surface area contributed by atoms with Gasteiger partial charge in [-0.1, -0.05) is 11.6 Å². The summed E-state index contributed by atoms with van der Waals surface area (Å²) in [5, 5.41) is 7.96.